The van der Waals surface area contributed by atoms with Crippen molar-refractivity contribution in [2.45, 2.75) is 33.2 Å². The van der Waals surface area contributed by atoms with Gasteiger partial charge in [0.25, 0.3) is 0 Å². The van der Waals surface area contributed by atoms with Crippen molar-refractivity contribution < 1.29 is 4.74 Å². The number of hydrogen-bond donors (Lipinski definition) is 3. The highest BCUT2D eigenvalue weighted by molar-refractivity contribution is 7.80. The molecule has 0 radical (unpaired) electrons. The Morgan fingerprint density at radius 3 is 1.94 bits per heavy atom. The molecule has 0 bridgehead atoms. The molecule has 3 aromatic rings. The van der Waals surface area contributed by atoms with Gasteiger partial charge in [-0.1, -0.05) is 36.5 Å². The molecule has 164 valence electrons. The minimum Gasteiger partial charge on any atom is -0.456 e. The number of thiocarbonyl (C=S) groups is 1. The summed E-state index contributed by atoms with van der Waals surface area (Å²) in [5, 5.41) is 8.65. The maximum atomic E-state index is 6.87. The van der Waals surface area contributed by atoms with Crippen LogP contribution in [0.2, 0.25) is 0 Å². The highest BCUT2D eigenvalue weighted by Crippen LogP contribution is 2.57. The van der Waals surface area contributed by atoms with Crippen LogP contribution in [0.25, 0.3) is 0 Å². The average molecular weight is 445 g/mol. The predicted octanol–water partition coefficient (Wildman–Crippen LogP) is 5.43. The first-order valence-corrected chi connectivity index (χ1v) is 11.5. The van der Waals surface area contributed by atoms with Crippen molar-refractivity contribution in [3.05, 3.63) is 81.9 Å². The van der Waals surface area contributed by atoms with Gasteiger partial charge in [-0.25, -0.2) is 5.84 Å². The van der Waals surface area contributed by atoms with Gasteiger partial charge >= 0.3 is 0 Å². The summed E-state index contributed by atoms with van der Waals surface area (Å²) >= 11 is 5.84. The molecule has 0 aromatic heterocycles. The Morgan fingerprint density at radius 2 is 1.41 bits per heavy atom. The van der Waals surface area contributed by atoms with Crippen LogP contribution in [0.1, 0.15) is 47.2 Å². The third-order valence-corrected chi connectivity index (χ3v) is 6.93. The number of nitrogens with one attached hydrogen (secondary N) is 2. The van der Waals surface area contributed by atoms with Gasteiger partial charge in [0.1, 0.15) is 22.0 Å². The molecule has 0 fully saturated rings. The van der Waals surface area contributed by atoms with Crippen LogP contribution >= 0.6 is 12.2 Å². The van der Waals surface area contributed by atoms with Crippen molar-refractivity contribution in [3.8, 4) is 11.5 Å². The maximum Gasteiger partial charge on any atom is 0.140 e. The van der Waals surface area contributed by atoms with E-state index >= 15 is 0 Å². The topological polar surface area (TPSA) is 62.5 Å². The first kappa shape index (κ1) is 20.8. The molecule has 4 N–H and O–H groups in total. The quantitative estimate of drug-likeness (QED) is 0.368. The number of ether oxygens (including phenoxy) is 1. The fourth-order valence-electron chi connectivity index (χ4n) is 5.08. The lowest BCUT2D eigenvalue weighted by atomic mass is 9.74. The number of anilines is 2. The van der Waals surface area contributed by atoms with Gasteiger partial charge in [-0.05, 0) is 56.5 Å². The second kappa shape index (κ2) is 7.50. The molecule has 5 rings (SSSR count). The molecule has 1 spiro atoms. The number of rotatable bonds is 4. The molecule has 0 saturated heterocycles. The smallest absolute Gasteiger partial charge is 0.140 e. The summed E-state index contributed by atoms with van der Waals surface area (Å²) in [4.78, 5) is 0.640. The van der Waals surface area contributed by atoms with Crippen LogP contribution in [0.15, 0.2) is 48.5 Å². The monoisotopic (exact) mass is 444 g/mol. The molecule has 5 nitrogen and oxygen atoms in total. The molecule has 6 heteroatoms. The fourth-order valence-corrected chi connectivity index (χ4v) is 5.40. The van der Waals surface area contributed by atoms with E-state index in [1.165, 1.54) is 0 Å². The summed E-state index contributed by atoms with van der Waals surface area (Å²) in [6.07, 6.45) is 0. The first-order chi connectivity index (χ1) is 15.4. The van der Waals surface area contributed by atoms with Crippen LogP contribution in [0.3, 0.4) is 0 Å². The number of aryl methyl sites for hydroxylation is 2. The largest absolute Gasteiger partial charge is 0.456 e. The zero-order chi connectivity index (χ0) is 22.6. The highest BCUT2D eigenvalue weighted by atomic mass is 32.1. The van der Waals surface area contributed by atoms with Gasteiger partial charge in [-0.15, -0.1) is 0 Å². The maximum absolute atomic E-state index is 6.87. The minimum atomic E-state index is -0.748. The summed E-state index contributed by atoms with van der Waals surface area (Å²) in [6.45, 7) is 10.1. The van der Waals surface area contributed by atoms with E-state index in [0.29, 0.717) is 4.99 Å². The van der Waals surface area contributed by atoms with Gasteiger partial charge in [0, 0.05) is 53.3 Å². The van der Waals surface area contributed by atoms with Crippen molar-refractivity contribution in [3.63, 3.8) is 0 Å². The van der Waals surface area contributed by atoms with Gasteiger partial charge in [0.15, 0.2) is 0 Å². The normalized spacial score (nSPS) is 15.2. The minimum absolute atomic E-state index is 0.640. The van der Waals surface area contributed by atoms with Crippen molar-refractivity contribution in [2.24, 2.45) is 5.84 Å². The highest BCUT2D eigenvalue weighted by Gasteiger charge is 2.54. The number of fused-ring (bicyclic) bond motifs is 6. The molecule has 2 aliphatic heterocycles. The van der Waals surface area contributed by atoms with E-state index in [1.54, 1.807) is 5.01 Å². The van der Waals surface area contributed by atoms with Crippen molar-refractivity contribution in [1.82, 2.24) is 5.01 Å². The van der Waals surface area contributed by atoms with Crippen LogP contribution < -0.4 is 21.2 Å². The molecule has 0 amide bonds. The molecule has 0 saturated carbocycles. The Bertz CT molecular complexity index is 1190. The van der Waals surface area contributed by atoms with E-state index in [0.717, 1.165) is 69.3 Å². The zero-order valence-electron chi connectivity index (χ0n) is 18.9. The predicted molar refractivity (Wildman–Crippen MR) is 135 cm³/mol. The SMILES string of the molecule is CCNc1cc2c(cc1C)C1(c3cc(C)c(NCC)cc3O2)c2ccccc2C(=S)N1N. The van der Waals surface area contributed by atoms with Crippen molar-refractivity contribution in [1.29, 1.82) is 0 Å². The average Bonchev–Trinajstić information content (AvgIpc) is 3.00. The number of nitrogens with two attached hydrogens (primary N) is 1. The number of hydrazine groups is 1. The molecular formula is C26H28N4OS. The Morgan fingerprint density at radius 1 is 0.875 bits per heavy atom. The molecule has 0 unspecified atom stereocenters. The van der Waals surface area contributed by atoms with Crippen LogP contribution in [0.5, 0.6) is 11.5 Å². The Kier molecular flexibility index (Phi) is 4.87. The zero-order valence-corrected chi connectivity index (χ0v) is 19.7. The molecule has 0 atom stereocenters. The van der Waals surface area contributed by atoms with Gasteiger partial charge in [0.2, 0.25) is 0 Å². The van der Waals surface area contributed by atoms with Gasteiger partial charge in [0.05, 0.1) is 0 Å². The van der Waals surface area contributed by atoms with E-state index in [4.69, 9.17) is 22.8 Å². The number of hydrogen-bond acceptors (Lipinski definition) is 5. The lowest BCUT2D eigenvalue weighted by molar-refractivity contribution is 0.264. The third kappa shape index (κ3) is 2.69. The van der Waals surface area contributed by atoms with Gasteiger partial charge in [-0.3, -0.25) is 5.01 Å². The lowest BCUT2D eigenvalue weighted by Crippen LogP contribution is -2.51. The molecule has 2 aliphatic rings. The summed E-state index contributed by atoms with van der Waals surface area (Å²) in [7, 11) is 0. The van der Waals surface area contributed by atoms with Crippen LogP contribution in [0, 0.1) is 13.8 Å². The third-order valence-electron chi connectivity index (χ3n) is 6.51. The van der Waals surface area contributed by atoms with E-state index < -0.39 is 5.54 Å². The van der Waals surface area contributed by atoms with E-state index in [2.05, 4.69) is 80.8 Å². The van der Waals surface area contributed by atoms with Crippen LogP contribution in [0.4, 0.5) is 11.4 Å². The number of nitrogens with zero attached hydrogens (tertiary/aromatic N) is 1. The first-order valence-electron chi connectivity index (χ1n) is 11.1. The van der Waals surface area contributed by atoms with E-state index in [-0.39, 0.29) is 0 Å². The molecule has 32 heavy (non-hydrogen) atoms. The second-order valence-electron chi connectivity index (χ2n) is 8.42. The summed E-state index contributed by atoms with van der Waals surface area (Å²) < 4.78 is 6.54. The Labute approximate surface area is 194 Å². The molecule has 2 heterocycles. The molecule has 3 aromatic carbocycles. The Hall–Kier alpha value is -3.09. The molecule has 0 aliphatic carbocycles. The van der Waals surface area contributed by atoms with Crippen molar-refractivity contribution >= 4 is 28.6 Å². The summed E-state index contributed by atoms with van der Waals surface area (Å²) in [6, 6.07) is 16.8. The van der Waals surface area contributed by atoms with Gasteiger partial charge < -0.3 is 15.4 Å². The fraction of sp³-hybridized carbons (Fsp3) is 0.269. The van der Waals surface area contributed by atoms with E-state index in [9.17, 15) is 0 Å². The van der Waals surface area contributed by atoms with Crippen molar-refractivity contribution in [2.75, 3.05) is 23.7 Å². The molecular weight excluding hydrogens is 416 g/mol. The summed E-state index contributed by atoms with van der Waals surface area (Å²) in [5.74, 6) is 8.45. The number of benzene rings is 3. The summed E-state index contributed by atoms with van der Waals surface area (Å²) in [5.41, 5.74) is 7.74. The Balaban J connectivity index is 1.88. The van der Waals surface area contributed by atoms with Crippen LogP contribution in [-0.2, 0) is 5.54 Å². The van der Waals surface area contributed by atoms with E-state index in [1.807, 2.05) is 6.07 Å². The lowest BCUT2D eigenvalue weighted by Gasteiger charge is -2.43. The van der Waals surface area contributed by atoms with Crippen LogP contribution in [-0.4, -0.2) is 23.1 Å². The van der Waals surface area contributed by atoms with Gasteiger partial charge in [-0.2, -0.15) is 0 Å². The standard InChI is InChI=1S/C26H28N4OS/c1-5-28-21-13-23-19(11-15(21)3)26(18-10-8-7-9-17(18)25(32)30(26)27)20-12-16(4)22(29-6-2)14-24(20)31-23/h7-14,28-29H,5-6,27H2,1-4H3. The second-order valence-corrected chi connectivity index (χ2v) is 8.81.